The van der Waals surface area contributed by atoms with Crippen molar-refractivity contribution < 1.29 is 14.9 Å². The molecule has 0 fully saturated rings. The Morgan fingerprint density at radius 2 is 1.71 bits per heavy atom. The maximum absolute atomic E-state index is 9.62. The summed E-state index contributed by atoms with van der Waals surface area (Å²) in [7, 11) is 0. The molecule has 0 amide bonds. The number of aliphatic hydroxyl groups excluding tert-OH is 2. The molecule has 0 aliphatic carbocycles. The SMILES string of the molecule is C=CC(O)C(C=C)C(C)(C)OC(C)O. The normalized spacial score (nSPS) is 18.4. The standard InChI is InChI=1S/C11H20O3/c1-6-9(10(13)7-2)11(4,5)14-8(3)12/h6-10,12-13H,1-2H2,3-5H3. The number of hydrogen-bond donors (Lipinski definition) is 2. The lowest BCUT2D eigenvalue weighted by Crippen LogP contribution is -2.41. The van der Waals surface area contributed by atoms with Gasteiger partial charge in [-0.05, 0) is 20.8 Å². The molecule has 0 bridgehead atoms. The minimum Gasteiger partial charge on any atom is -0.388 e. The summed E-state index contributed by atoms with van der Waals surface area (Å²) in [5.41, 5.74) is -0.677. The number of hydrogen-bond acceptors (Lipinski definition) is 3. The highest BCUT2D eigenvalue weighted by Gasteiger charge is 2.33. The zero-order valence-corrected chi connectivity index (χ0v) is 9.10. The van der Waals surface area contributed by atoms with Gasteiger partial charge in [-0.1, -0.05) is 12.2 Å². The number of rotatable bonds is 6. The molecule has 0 rings (SSSR count). The van der Waals surface area contributed by atoms with Gasteiger partial charge in [0.15, 0.2) is 6.29 Å². The first-order valence-electron chi connectivity index (χ1n) is 4.64. The summed E-state index contributed by atoms with van der Waals surface area (Å²) in [4.78, 5) is 0. The van der Waals surface area contributed by atoms with E-state index in [4.69, 9.17) is 9.84 Å². The summed E-state index contributed by atoms with van der Waals surface area (Å²) in [6, 6.07) is 0. The maximum Gasteiger partial charge on any atom is 0.152 e. The summed E-state index contributed by atoms with van der Waals surface area (Å²) in [6.45, 7) is 12.3. The molecule has 3 unspecified atom stereocenters. The van der Waals surface area contributed by atoms with Crippen LogP contribution in [-0.2, 0) is 4.74 Å². The van der Waals surface area contributed by atoms with Crippen molar-refractivity contribution in [3.63, 3.8) is 0 Å². The van der Waals surface area contributed by atoms with Gasteiger partial charge in [-0.25, -0.2) is 0 Å². The van der Waals surface area contributed by atoms with E-state index >= 15 is 0 Å². The Morgan fingerprint density at radius 1 is 1.21 bits per heavy atom. The fourth-order valence-corrected chi connectivity index (χ4v) is 1.50. The van der Waals surface area contributed by atoms with Crippen molar-refractivity contribution in [2.45, 2.75) is 38.8 Å². The van der Waals surface area contributed by atoms with Crippen LogP contribution >= 0.6 is 0 Å². The van der Waals surface area contributed by atoms with E-state index in [9.17, 15) is 5.11 Å². The van der Waals surface area contributed by atoms with Gasteiger partial charge < -0.3 is 14.9 Å². The summed E-state index contributed by atoms with van der Waals surface area (Å²) in [5.74, 6) is -0.297. The van der Waals surface area contributed by atoms with Gasteiger partial charge in [0.25, 0.3) is 0 Å². The summed E-state index contributed by atoms with van der Waals surface area (Å²) >= 11 is 0. The molecular formula is C11H20O3. The monoisotopic (exact) mass is 200 g/mol. The van der Waals surface area contributed by atoms with Crippen LogP contribution in [0.15, 0.2) is 25.3 Å². The molecule has 0 aliphatic rings. The molecule has 0 aromatic carbocycles. The second kappa shape index (κ2) is 5.29. The molecule has 0 spiro atoms. The second-order valence-corrected chi connectivity index (χ2v) is 3.81. The van der Waals surface area contributed by atoms with Crippen LogP contribution in [0.5, 0.6) is 0 Å². The molecule has 3 atom stereocenters. The van der Waals surface area contributed by atoms with Gasteiger partial charge in [-0.15, -0.1) is 13.2 Å². The quantitative estimate of drug-likeness (QED) is 0.504. The van der Waals surface area contributed by atoms with Gasteiger partial charge in [0.05, 0.1) is 11.7 Å². The van der Waals surface area contributed by atoms with E-state index < -0.39 is 18.0 Å². The highest BCUT2D eigenvalue weighted by Crippen LogP contribution is 2.27. The Kier molecular flexibility index (Phi) is 5.05. The smallest absolute Gasteiger partial charge is 0.152 e. The van der Waals surface area contributed by atoms with E-state index in [-0.39, 0.29) is 5.92 Å². The minimum absolute atomic E-state index is 0.297. The third-order valence-corrected chi connectivity index (χ3v) is 2.14. The third-order valence-electron chi connectivity index (χ3n) is 2.14. The third kappa shape index (κ3) is 3.62. The van der Waals surface area contributed by atoms with Crippen molar-refractivity contribution in [3.05, 3.63) is 25.3 Å². The van der Waals surface area contributed by atoms with Crippen LogP contribution in [0, 0.1) is 5.92 Å². The van der Waals surface area contributed by atoms with E-state index in [0.29, 0.717) is 0 Å². The van der Waals surface area contributed by atoms with Gasteiger partial charge in [0, 0.05) is 5.92 Å². The molecule has 3 nitrogen and oxygen atoms in total. The van der Waals surface area contributed by atoms with Crippen LogP contribution in [0.3, 0.4) is 0 Å². The van der Waals surface area contributed by atoms with Gasteiger partial charge in [-0.2, -0.15) is 0 Å². The molecule has 0 aromatic heterocycles. The Labute approximate surface area is 85.7 Å². The zero-order valence-electron chi connectivity index (χ0n) is 9.10. The molecule has 0 aromatic rings. The molecule has 0 heterocycles. The molecule has 0 saturated carbocycles. The van der Waals surface area contributed by atoms with E-state index in [1.165, 1.54) is 13.0 Å². The maximum atomic E-state index is 9.62. The second-order valence-electron chi connectivity index (χ2n) is 3.81. The topological polar surface area (TPSA) is 49.7 Å². The Balaban J connectivity index is 4.63. The largest absolute Gasteiger partial charge is 0.388 e. The van der Waals surface area contributed by atoms with Crippen LogP contribution in [0.1, 0.15) is 20.8 Å². The molecule has 2 N–H and O–H groups in total. The van der Waals surface area contributed by atoms with Crippen LogP contribution < -0.4 is 0 Å². The fraction of sp³-hybridized carbons (Fsp3) is 0.636. The predicted molar refractivity (Wildman–Crippen MR) is 56.7 cm³/mol. The van der Waals surface area contributed by atoms with Crippen molar-refractivity contribution in [1.29, 1.82) is 0 Å². The fourth-order valence-electron chi connectivity index (χ4n) is 1.50. The molecular weight excluding hydrogens is 180 g/mol. The van der Waals surface area contributed by atoms with Crippen molar-refractivity contribution in [2.75, 3.05) is 0 Å². The van der Waals surface area contributed by atoms with Crippen molar-refractivity contribution >= 4 is 0 Å². The van der Waals surface area contributed by atoms with Gasteiger partial charge in [0.2, 0.25) is 0 Å². The molecule has 3 heteroatoms. The zero-order chi connectivity index (χ0) is 11.4. The Bertz CT molecular complexity index is 197. The van der Waals surface area contributed by atoms with E-state index in [1.54, 1.807) is 19.9 Å². The molecule has 0 radical (unpaired) electrons. The van der Waals surface area contributed by atoms with Gasteiger partial charge in [-0.3, -0.25) is 0 Å². The van der Waals surface area contributed by atoms with E-state index in [0.717, 1.165) is 0 Å². The highest BCUT2D eigenvalue weighted by atomic mass is 16.6. The van der Waals surface area contributed by atoms with Crippen molar-refractivity contribution in [2.24, 2.45) is 5.92 Å². The first kappa shape index (κ1) is 13.4. The molecule has 14 heavy (non-hydrogen) atoms. The summed E-state index contributed by atoms with van der Waals surface area (Å²) in [6.07, 6.45) is 1.44. The summed E-state index contributed by atoms with van der Waals surface area (Å²) < 4.78 is 5.29. The first-order chi connectivity index (χ1) is 6.35. The average molecular weight is 200 g/mol. The molecule has 0 saturated heterocycles. The van der Waals surface area contributed by atoms with Crippen LogP contribution in [0.25, 0.3) is 0 Å². The van der Waals surface area contributed by atoms with Crippen molar-refractivity contribution in [1.82, 2.24) is 0 Å². The van der Waals surface area contributed by atoms with Crippen LogP contribution in [0.4, 0.5) is 0 Å². The van der Waals surface area contributed by atoms with E-state index in [2.05, 4.69) is 13.2 Å². The van der Waals surface area contributed by atoms with Crippen LogP contribution in [-0.4, -0.2) is 28.2 Å². The van der Waals surface area contributed by atoms with Gasteiger partial charge in [0.1, 0.15) is 0 Å². The lowest BCUT2D eigenvalue weighted by atomic mass is 9.86. The minimum atomic E-state index is -0.871. The molecule has 0 aliphatic heterocycles. The van der Waals surface area contributed by atoms with Crippen LogP contribution in [0.2, 0.25) is 0 Å². The highest BCUT2D eigenvalue weighted by molar-refractivity contribution is 5.01. The van der Waals surface area contributed by atoms with E-state index in [1.807, 2.05) is 0 Å². The predicted octanol–water partition coefficient (Wildman–Crippen LogP) is 1.47. The Hall–Kier alpha value is -0.640. The number of ether oxygens (including phenoxy) is 1. The summed E-state index contributed by atoms with van der Waals surface area (Å²) in [5, 5.41) is 18.7. The van der Waals surface area contributed by atoms with Crippen molar-refractivity contribution in [3.8, 4) is 0 Å². The lowest BCUT2D eigenvalue weighted by Gasteiger charge is -2.35. The first-order valence-corrected chi connectivity index (χ1v) is 4.64. The number of aliphatic hydroxyl groups is 2. The Morgan fingerprint density at radius 3 is 2.00 bits per heavy atom. The average Bonchev–Trinajstić information content (AvgIpc) is 2.02. The van der Waals surface area contributed by atoms with Gasteiger partial charge >= 0.3 is 0 Å². The lowest BCUT2D eigenvalue weighted by molar-refractivity contribution is -0.184. The molecule has 82 valence electrons.